The summed E-state index contributed by atoms with van der Waals surface area (Å²) in [5.74, 6) is 0.666. The maximum absolute atomic E-state index is 12.4. The average molecular weight is 316 g/mol. The largest absolute Gasteiger partial charge is 0.484 e. The van der Waals surface area contributed by atoms with Gasteiger partial charge in [-0.05, 0) is 48.7 Å². The highest BCUT2D eigenvalue weighted by molar-refractivity contribution is 6.30. The van der Waals surface area contributed by atoms with Crippen molar-refractivity contribution < 1.29 is 9.53 Å². The van der Waals surface area contributed by atoms with Crippen molar-refractivity contribution in [1.82, 2.24) is 4.90 Å². The quantitative estimate of drug-likeness (QED) is 0.860. The standard InChI is InChI=1S/C18H18ClNO2/c1-13-17-5-3-2-4-14(17)10-11-20(13)18(21)12-22-16-8-6-15(19)7-9-16/h2-9,13H,10-12H2,1H3. The van der Waals surface area contributed by atoms with Gasteiger partial charge in [0.05, 0.1) is 6.04 Å². The average Bonchev–Trinajstić information content (AvgIpc) is 2.55. The molecule has 1 aliphatic rings. The number of hydrogen-bond acceptors (Lipinski definition) is 2. The van der Waals surface area contributed by atoms with Gasteiger partial charge in [-0.1, -0.05) is 35.9 Å². The number of nitrogens with zero attached hydrogens (tertiary/aromatic N) is 1. The first kappa shape index (κ1) is 14.9. The van der Waals surface area contributed by atoms with E-state index in [-0.39, 0.29) is 18.6 Å². The summed E-state index contributed by atoms with van der Waals surface area (Å²) in [4.78, 5) is 14.3. The number of ether oxygens (including phenoxy) is 1. The fourth-order valence-electron chi connectivity index (χ4n) is 2.87. The molecule has 0 saturated carbocycles. The van der Waals surface area contributed by atoms with Crippen molar-refractivity contribution >= 4 is 17.5 Å². The van der Waals surface area contributed by atoms with E-state index < -0.39 is 0 Å². The summed E-state index contributed by atoms with van der Waals surface area (Å²) < 4.78 is 5.56. The second kappa shape index (κ2) is 6.41. The van der Waals surface area contributed by atoms with E-state index in [4.69, 9.17) is 16.3 Å². The zero-order chi connectivity index (χ0) is 15.5. The second-order valence-corrected chi connectivity index (χ2v) is 5.89. The molecule has 0 fully saturated rings. The molecule has 3 rings (SSSR count). The van der Waals surface area contributed by atoms with Gasteiger partial charge in [0.15, 0.2) is 6.61 Å². The topological polar surface area (TPSA) is 29.5 Å². The minimum Gasteiger partial charge on any atom is -0.484 e. The first-order valence-electron chi connectivity index (χ1n) is 7.41. The predicted octanol–water partition coefficient (Wildman–Crippen LogP) is 3.86. The van der Waals surface area contributed by atoms with Crippen LogP contribution in [-0.4, -0.2) is 24.0 Å². The van der Waals surface area contributed by atoms with Crippen LogP contribution in [0, 0.1) is 0 Å². The van der Waals surface area contributed by atoms with E-state index in [1.165, 1.54) is 11.1 Å². The highest BCUT2D eigenvalue weighted by Gasteiger charge is 2.27. The van der Waals surface area contributed by atoms with E-state index in [9.17, 15) is 4.79 Å². The number of benzene rings is 2. The van der Waals surface area contributed by atoms with Crippen molar-refractivity contribution in [1.29, 1.82) is 0 Å². The number of hydrogen-bond donors (Lipinski definition) is 0. The summed E-state index contributed by atoms with van der Waals surface area (Å²) in [6.07, 6.45) is 0.896. The van der Waals surface area contributed by atoms with Gasteiger partial charge in [0.2, 0.25) is 0 Å². The molecule has 1 amide bonds. The Morgan fingerprint density at radius 1 is 1.23 bits per heavy atom. The Hall–Kier alpha value is -2.00. The Labute approximate surface area is 135 Å². The maximum atomic E-state index is 12.4. The third kappa shape index (κ3) is 3.09. The van der Waals surface area contributed by atoms with Gasteiger partial charge in [-0.15, -0.1) is 0 Å². The lowest BCUT2D eigenvalue weighted by Crippen LogP contribution is -2.41. The third-order valence-electron chi connectivity index (χ3n) is 4.09. The molecule has 0 saturated heterocycles. The summed E-state index contributed by atoms with van der Waals surface area (Å²) in [5, 5.41) is 0.653. The zero-order valence-corrected chi connectivity index (χ0v) is 13.2. The summed E-state index contributed by atoms with van der Waals surface area (Å²) in [5.41, 5.74) is 2.56. The van der Waals surface area contributed by atoms with Crippen LogP contribution < -0.4 is 4.74 Å². The molecule has 0 aromatic heterocycles. The SMILES string of the molecule is CC1c2ccccc2CCN1C(=O)COc1ccc(Cl)cc1. The van der Waals surface area contributed by atoms with Gasteiger partial charge < -0.3 is 9.64 Å². The van der Waals surface area contributed by atoms with E-state index in [0.717, 1.165) is 13.0 Å². The highest BCUT2D eigenvalue weighted by Crippen LogP contribution is 2.29. The number of carbonyl (C=O) groups excluding carboxylic acids is 1. The zero-order valence-electron chi connectivity index (χ0n) is 12.5. The molecule has 2 aromatic rings. The molecule has 0 spiro atoms. The van der Waals surface area contributed by atoms with E-state index in [1.54, 1.807) is 24.3 Å². The lowest BCUT2D eigenvalue weighted by atomic mass is 9.93. The molecular weight excluding hydrogens is 298 g/mol. The van der Waals surface area contributed by atoms with E-state index in [1.807, 2.05) is 17.0 Å². The number of halogens is 1. The number of carbonyl (C=O) groups is 1. The monoisotopic (exact) mass is 315 g/mol. The number of amides is 1. The number of rotatable bonds is 3. The van der Waals surface area contributed by atoms with Gasteiger partial charge in [0, 0.05) is 11.6 Å². The lowest BCUT2D eigenvalue weighted by molar-refractivity contribution is -0.135. The molecule has 0 N–H and O–H groups in total. The summed E-state index contributed by atoms with van der Waals surface area (Å²) in [6.45, 7) is 2.85. The highest BCUT2D eigenvalue weighted by atomic mass is 35.5. The molecular formula is C18H18ClNO2. The molecule has 1 atom stereocenters. The molecule has 114 valence electrons. The van der Waals surface area contributed by atoms with Crippen LogP contribution in [-0.2, 0) is 11.2 Å². The first-order valence-corrected chi connectivity index (χ1v) is 7.78. The third-order valence-corrected chi connectivity index (χ3v) is 4.34. The molecule has 1 unspecified atom stereocenters. The first-order chi connectivity index (χ1) is 10.6. The van der Waals surface area contributed by atoms with Crippen LogP contribution in [0.4, 0.5) is 0 Å². The van der Waals surface area contributed by atoms with Gasteiger partial charge in [-0.25, -0.2) is 0 Å². The van der Waals surface area contributed by atoms with E-state index in [0.29, 0.717) is 10.8 Å². The summed E-state index contributed by atoms with van der Waals surface area (Å²) in [7, 11) is 0. The predicted molar refractivity (Wildman–Crippen MR) is 87.2 cm³/mol. The molecule has 3 nitrogen and oxygen atoms in total. The maximum Gasteiger partial charge on any atom is 0.261 e. The van der Waals surface area contributed by atoms with Crippen LogP contribution in [0.5, 0.6) is 5.75 Å². The molecule has 4 heteroatoms. The Morgan fingerprint density at radius 3 is 2.73 bits per heavy atom. The van der Waals surface area contributed by atoms with Gasteiger partial charge in [0.1, 0.15) is 5.75 Å². The lowest BCUT2D eigenvalue weighted by Gasteiger charge is -2.35. The van der Waals surface area contributed by atoms with Crippen molar-refractivity contribution in [3.05, 3.63) is 64.7 Å². The van der Waals surface area contributed by atoms with Gasteiger partial charge >= 0.3 is 0 Å². The molecule has 2 aromatic carbocycles. The normalized spacial score (nSPS) is 17.0. The minimum absolute atomic E-state index is 0.0111. The van der Waals surface area contributed by atoms with E-state index in [2.05, 4.69) is 19.1 Å². The fourth-order valence-corrected chi connectivity index (χ4v) is 3.00. The van der Waals surface area contributed by atoms with Gasteiger partial charge in [0.25, 0.3) is 5.91 Å². The molecule has 0 aliphatic carbocycles. The van der Waals surface area contributed by atoms with E-state index >= 15 is 0 Å². The molecule has 0 bridgehead atoms. The van der Waals surface area contributed by atoms with Crippen LogP contribution in [0.15, 0.2) is 48.5 Å². The Bertz CT molecular complexity index is 669. The molecule has 1 heterocycles. The van der Waals surface area contributed by atoms with Crippen LogP contribution >= 0.6 is 11.6 Å². The smallest absolute Gasteiger partial charge is 0.261 e. The Morgan fingerprint density at radius 2 is 1.95 bits per heavy atom. The van der Waals surface area contributed by atoms with Crippen LogP contribution in [0.1, 0.15) is 24.1 Å². The van der Waals surface area contributed by atoms with Crippen molar-refractivity contribution in [3.63, 3.8) is 0 Å². The van der Waals surface area contributed by atoms with Crippen LogP contribution in [0.2, 0.25) is 5.02 Å². The van der Waals surface area contributed by atoms with Crippen molar-refractivity contribution in [2.24, 2.45) is 0 Å². The minimum atomic E-state index is 0.0111. The van der Waals surface area contributed by atoms with Crippen molar-refractivity contribution in [2.75, 3.05) is 13.2 Å². The van der Waals surface area contributed by atoms with Crippen LogP contribution in [0.25, 0.3) is 0 Å². The summed E-state index contributed by atoms with van der Waals surface area (Å²) in [6, 6.07) is 15.4. The molecule has 1 aliphatic heterocycles. The fraction of sp³-hybridized carbons (Fsp3) is 0.278. The Balaban J connectivity index is 1.64. The second-order valence-electron chi connectivity index (χ2n) is 5.45. The summed E-state index contributed by atoms with van der Waals surface area (Å²) >= 11 is 5.83. The van der Waals surface area contributed by atoms with Gasteiger partial charge in [-0.3, -0.25) is 4.79 Å². The van der Waals surface area contributed by atoms with Crippen LogP contribution in [0.3, 0.4) is 0 Å². The molecule has 0 radical (unpaired) electrons. The Kier molecular flexibility index (Phi) is 4.34. The molecule has 22 heavy (non-hydrogen) atoms. The van der Waals surface area contributed by atoms with Crippen molar-refractivity contribution in [3.8, 4) is 5.75 Å². The number of fused-ring (bicyclic) bond motifs is 1. The van der Waals surface area contributed by atoms with Crippen molar-refractivity contribution in [2.45, 2.75) is 19.4 Å². The van der Waals surface area contributed by atoms with Gasteiger partial charge in [-0.2, -0.15) is 0 Å².